The van der Waals surface area contributed by atoms with Crippen molar-refractivity contribution < 1.29 is 28.6 Å². The molecule has 0 saturated heterocycles. The zero-order chi connectivity index (χ0) is 34.1. The van der Waals surface area contributed by atoms with E-state index in [2.05, 4.69) is 76.2 Å². The molecule has 0 aromatic carbocycles. The third-order valence-corrected chi connectivity index (χ3v) is 12.7. The molecule has 0 heterocycles. The third-order valence-electron chi connectivity index (χ3n) is 12.7. The van der Waals surface area contributed by atoms with E-state index in [9.17, 15) is 14.4 Å². The maximum Gasteiger partial charge on any atom is 0.312 e. The number of hydrogen-bond acceptors (Lipinski definition) is 7. The lowest BCUT2D eigenvalue weighted by atomic mass is 9.37. The predicted octanol–water partition coefficient (Wildman–Crippen LogP) is 7.65. The van der Waals surface area contributed by atoms with E-state index >= 15 is 0 Å². The largest absolute Gasteiger partial charge is 0.469 e. The number of carbonyl (C=O) groups excluding carboxylic acids is 3. The zero-order valence-electron chi connectivity index (χ0n) is 31.1. The first-order valence-corrected chi connectivity index (χ1v) is 15.4. The van der Waals surface area contributed by atoms with Crippen molar-refractivity contribution in [3.05, 3.63) is 0 Å². The monoisotopic (exact) mass is 597 g/mol. The Labute approximate surface area is 259 Å². The number of ether oxygens (including phenoxy) is 3. The molecule has 0 saturated carbocycles. The second-order valence-corrected chi connectivity index (χ2v) is 17.0. The minimum atomic E-state index is -1.10. The molecule has 0 radical (unpaired) electrons. The molecule has 7 nitrogen and oxygen atoms in total. The number of carbonyl (C=O) groups is 3. The Hall–Kier alpha value is -1.63. The zero-order valence-corrected chi connectivity index (χ0v) is 31.1. The van der Waals surface area contributed by atoms with Crippen LogP contribution in [-0.2, 0) is 28.6 Å². The van der Waals surface area contributed by atoms with Gasteiger partial charge in [-0.15, -0.1) is 0 Å². The summed E-state index contributed by atoms with van der Waals surface area (Å²) in [6, 6.07) is 0. The summed E-state index contributed by atoms with van der Waals surface area (Å²) in [6.07, 6.45) is 0.522. The lowest BCUT2D eigenvalue weighted by Crippen LogP contribution is -2.66. The highest BCUT2D eigenvalue weighted by Gasteiger charge is 2.70. The molecule has 0 aromatic heterocycles. The van der Waals surface area contributed by atoms with Crippen LogP contribution in [0, 0.1) is 49.2 Å². The smallest absolute Gasteiger partial charge is 0.312 e. The predicted molar refractivity (Wildman–Crippen MR) is 172 cm³/mol. The third kappa shape index (κ3) is 6.28. The van der Waals surface area contributed by atoms with E-state index in [1.165, 1.54) is 14.2 Å². The maximum atomic E-state index is 14.2. The van der Waals surface area contributed by atoms with Gasteiger partial charge in [0.25, 0.3) is 0 Å². The van der Waals surface area contributed by atoms with Crippen LogP contribution >= 0.6 is 0 Å². The Balaban J connectivity index is 7.43. The van der Waals surface area contributed by atoms with E-state index in [0.717, 1.165) is 0 Å². The van der Waals surface area contributed by atoms with Crippen molar-refractivity contribution >= 4 is 17.9 Å². The van der Waals surface area contributed by atoms with Crippen molar-refractivity contribution in [1.82, 2.24) is 4.90 Å². The van der Waals surface area contributed by atoms with Crippen LogP contribution in [0.4, 0.5) is 0 Å². The highest BCUT2D eigenvalue weighted by molar-refractivity contribution is 5.81. The molecule has 0 aliphatic heterocycles. The van der Waals surface area contributed by atoms with Gasteiger partial charge in [-0.1, -0.05) is 90.0 Å². The second-order valence-electron chi connectivity index (χ2n) is 17.0. The molecule has 3 atom stereocenters. The molecular weight excluding hydrogens is 530 g/mol. The van der Waals surface area contributed by atoms with E-state index in [4.69, 9.17) is 14.2 Å². The first kappa shape index (κ1) is 40.4. The Bertz CT molecular complexity index is 970. The molecule has 0 aliphatic rings. The van der Waals surface area contributed by atoms with Gasteiger partial charge in [-0.25, -0.2) is 0 Å². The van der Waals surface area contributed by atoms with Crippen LogP contribution in [0.3, 0.4) is 0 Å². The fourth-order valence-corrected chi connectivity index (χ4v) is 7.77. The van der Waals surface area contributed by atoms with Crippen LogP contribution < -0.4 is 0 Å². The lowest BCUT2D eigenvalue weighted by Gasteiger charge is -2.65. The summed E-state index contributed by atoms with van der Waals surface area (Å²) in [4.78, 5) is 43.6. The average Bonchev–Trinajstić information content (AvgIpc) is 2.83. The Kier molecular flexibility index (Phi) is 12.3. The van der Waals surface area contributed by atoms with Crippen molar-refractivity contribution in [1.29, 1.82) is 0 Å². The number of esters is 3. The van der Waals surface area contributed by atoms with Gasteiger partial charge in [0, 0.05) is 6.54 Å². The number of nitrogens with zero attached hydrogens (tertiary/aromatic N) is 1. The maximum absolute atomic E-state index is 14.2. The molecular formula is C35H67NO6. The van der Waals surface area contributed by atoms with Gasteiger partial charge >= 0.3 is 17.9 Å². The van der Waals surface area contributed by atoms with Crippen molar-refractivity contribution in [2.75, 3.05) is 41.5 Å². The first-order valence-electron chi connectivity index (χ1n) is 15.4. The number of likely N-dealkylation sites (N-methyl/N-ethyl adjacent to an activating group) is 1. The summed E-state index contributed by atoms with van der Waals surface area (Å²) >= 11 is 0. The van der Waals surface area contributed by atoms with Crippen molar-refractivity contribution in [2.45, 2.75) is 117 Å². The molecule has 7 heteroatoms. The number of methoxy groups -OCH3 is 2. The standard InChI is InChI=1S/C35H67NO6/c1-24(2)33(14,25(37)40-19)29(6,7)23-30(8,9)35(16,26(38)41-20)32(12,13)31(10,11)34(15,28(3,4)5)27(39)42-22-21-36(17)18/h24H,21-23H2,1-20H3. The molecule has 0 fully saturated rings. The molecule has 3 unspecified atom stereocenters. The van der Waals surface area contributed by atoms with E-state index in [1.54, 1.807) is 0 Å². The van der Waals surface area contributed by atoms with Gasteiger partial charge < -0.3 is 19.1 Å². The van der Waals surface area contributed by atoms with Crippen molar-refractivity contribution in [3.8, 4) is 0 Å². The molecule has 0 aliphatic carbocycles. The SMILES string of the molecule is COC(=O)C(C)(C(C)C)C(C)(C)CC(C)(C)C(C)(C(=O)OC)C(C)(C)C(C)(C)C(C)(C(=O)OCCN(C)C)C(C)(C)C. The van der Waals surface area contributed by atoms with Gasteiger partial charge in [0.1, 0.15) is 6.61 Å². The highest BCUT2D eigenvalue weighted by Crippen LogP contribution is 2.70. The highest BCUT2D eigenvalue weighted by atomic mass is 16.5. The van der Waals surface area contributed by atoms with Crippen molar-refractivity contribution in [3.63, 3.8) is 0 Å². The van der Waals surface area contributed by atoms with Crippen LogP contribution in [0.25, 0.3) is 0 Å². The fraction of sp³-hybridized carbons (Fsp3) is 0.914. The first-order chi connectivity index (χ1) is 18.5. The van der Waals surface area contributed by atoms with Gasteiger partial charge in [-0.2, -0.15) is 0 Å². The van der Waals surface area contributed by atoms with Gasteiger partial charge in [0.2, 0.25) is 0 Å². The number of rotatable bonds is 14. The molecule has 0 aromatic rings. The van der Waals surface area contributed by atoms with Gasteiger partial charge in [0.15, 0.2) is 0 Å². The summed E-state index contributed by atoms with van der Waals surface area (Å²) in [6.45, 7) is 33.8. The molecule has 248 valence electrons. The van der Waals surface area contributed by atoms with E-state index < -0.39 is 43.3 Å². The van der Waals surface area contributed by atoms with Gasteiger partial charge in [0.05, 0.1) is 30.5 Å². The lowest BCUT2D eigenvalue weighted by molar-refractivity contribution is -0.222. The Morgan fingerprint density at radius 1 is 0.619 bits per heavy atom. The average molecular weight is 598 g/mol. The second kappa shape index (κ2) is 12.8. The number of hydrogen-bond donors (Lipinski definition) is 0. The quantitative estimate of drug-likeness (QED) is 0.150. The van der Waals surface area contributed by atoms with Gasteiger partial charge in [-0.05, 0) is 74.3 Å². The van der Waals surface area contributed by atoms with Crippen molar-refractivity contribution in [2.24, 2.45) is 49.2 Å². The minimum absolute atomic E-state index is 0.00861. The van der Waals surface area contributed by atoms with Crippen LogP contribution in [0.1, 0.15) is 117 Å². The minimum Gasteiger partial charge on any atom is -0.469 e. The summed E-state index contributed by atoms with van der Waals surface area (Å²) < 4.78 is 16.9. The Morgan fingerprint density at radius 2 is 1.02 bits per heavy atom. The molecule has 0 amide bonds. The fourth-order valence-electron chi connectivity index (χ4n) is 7.77. The summed E-state index contributed by atoms with van der Waals surface area (Å²) in [7, 11) is 6.74. The van der Waals surface area contributed by atoms with Crippen LogP contribution in [0.15, 0.2) is 0 Å². The van der Waals surface area contributed by atoms with E-state index in [-0.39, 0.29) is 30.4 Å². The molecule has 0 rings (SSSR count). The summed E-state index contributed by atoms with van der Waals surface area (Å²) in [5, 5.41) is 0. The van der Waals surface area contributed by atoms with Crippen LogP contribution in [0.5, 0.6) is 0 Å². The summed E-state index contributed by atoms with van der Waals surface area (Å²) in [5.41, 5.74) is -6.25. The van der Waals surface area contributed by atoms with Crippen LogP contribution in [-0.4, -0.2) is 64.3 Å². The molecule has 0 N–H and O–H groups in total. The summed E-state index contributed by atoms with van der Waals surface area (Å²) in [5.74, 6) is -0.898. The van der Waals surface area contributed by atoms with Gasteiger partial charge in [-0.3, -0.25) is 14.4 Å². The topological polar surface area (TPSA) is 82.1 Å². The normalized spacial score (nSPS) is 18.1. The Morgan fingerprint density at radius 3 is 1.36 bits per heavy atom. The van der Waals surface area contributed by atoms with Crippen LogP contribution in [0.2, 0.25) is 0 Å². The molecule has 42 heavy (non-hydrogen) atoms. The molecule has 0 spiro atoms. The molecule has 0 bridgehead atoms. The van der Waals surface area contributed by atoms with E-state index in [0.29, 0.717) is 13.0 Å². The van der Waals surface area contributed by atoms with E-state index in [1.807, 2.05) is 53.6 Å².